The van der Waals surface area contributed by atoms with E-state index >= 15 is 0 Å². The van der Waals surface area contributed by atoms with E-state index in [1.807, 2.05) is 43.5 Å². The molecule has 110 valence electrons. The third kappa shape index (κ3) is 4.19. The zero-order valence-electron chi connectivity index (χ0n) is 12.0. The lowest BCUT2D eigenvalue weighted by atomic mass is 10.2. The number of aliphatic imine (C=N–C) groups is 1. The molecule has 5 heteroatoms. The van der Waals surface area contributed by atoms with Crippen molar-refractivity contribution in [3.8, 4) is 0 Å². The lowest BCUT2D eigenvalue weighted by molar-refractivity contribution is 0.596. The Hall–Kier alpha value is -1.59. The van der Waals surface area contributed by atoms with Crippen LogP contribution in [0.15, 0.2) is 64.5 Å². The minimum atomic E-state index is -3.39. The number of sulfone groups is 1. The van der Waals surface area contributed by atoms with Crippen molar-refractivity contribution in [2.75, 3.05) is 12.1 Å². The van der Waals surface area contributed by atoms with Crippen LogP contribution < -0.4 is 0 Å². The topological polar surface area (TPSA) is 46.5 Å². The van der Waals surface area contributed by atoms with Crippen LogP contribution in [0.5, 0.6) is 0 Å². The number of hydrogen-bond acceptors (Lipinski definition) is 4. The molecule has 0 saturated heterocycles. The number of nitrogens with zero attached hydrogens (tertiary/aromatic N) is 1. The fourth-order valence-electron chi connectivity index (χ4n) is 1.82. The van der Waals surface area contributed by atoms with Crippen LogP contribution in [0.4, 0.5) is 0 Å². The lowest BCUT2D eigenvalue weighted by Gasteiger charge is -2.05. The van der Waals surface area contributed by atoms with E-state index in [2.05, 4.69) is 4.99 Å². The van der Waals surface area contributed by atoms with Crippen LogP contribution in [0, 0.1) is 6.92 Å². The summed E-state index contributed by atoms with van der Waals surface area (Å²) in [4.78, 5) is 4.59. The molecule has 0 N–H and O–H groups in total. The molecule has 2 aromatic rings. The number of aryl methyl sites for hydroxylation is 1. The van der Waals surface area contributed by atoms with Gasteiger partial charge in [0.15, 0.2) is 9.84 Å². The molecular weight excluding hydrogens is 302 g/mol. The largest absolute Gasteiger partial charge is 0.261 e. The summed E-state index contributed by atoms with van der Waals surface area (Å²) in [7, 11) is -3.39. The number of hydrogen-bond donors (Lipinski definition) is 0. The molecule has 0 aliphatic rings. The third-order valence-electron chi connectivity index (χ3n) is 2.97. The minimum Gasteiger partial charge on any atom is -0.261 e. The predicted molar refractivity (Wildman–Crippen MR) is 89.7 cm³/mol. The summed E-state index contributed by atoms with van der Waals surface area (Å²) in [5.41, 5.74) is 1.97. The van der Waals surface area contributed by atoms with Crippen LogP contribution in [0.25, 0.3) is 0 Å². The summed E-state index contributed by atoms with van der Waals surface area (Å²) in [6.45, 7) is 1.93. The summed E-state index contributed by atoms with van der Waals surface area (Å²) in [5.74, 6) is -0.235. The van der Waals surface area contributed by atoms with Crippen molar-refractivity contribution in [1.29, 1.82) is 0 Å². The smallest absolute Gasteiger partial charge is 0.198 e. The van der Waals surface area contributed by atoms with E-state index in [-0.39, 0.29) is 5.88 Å². The highest BCUT2D eigenvalue weighted by Gasteiger charge is 2.14. The van der Waals surface area contributed by atoms with Gasteiger partial charge in [-0.1, -0.05) is 48.0 Å². The molecule has 0 spiro atoms. The molecule has 2 rings (SSSR count). The zero-order valence-corrected chi connectivity index (χ0v) is 13.6. The molecule has 0 fully saturated rings. The Labute approximate surface area is 130 Å². The summed E-state index contributed by atoms with van der Waals surface area (Å²) >= 11 is 1.45. The monoisotopic (exact) mass is 319 g/mol. The second kappa shape index (κ2) is 6.91. The van der Waals surface area contributed by atoms with E-state index in [1.54, 1.807) is 24.3 Å². The van der Waals surface area contributed by atoms with E-state index < -0.39 is 9.84 Å². The van der Waals surface area contributed by atoms with Crippen molar-refractivity contribution >= 4 is 26.6 Å². The van der Waals surface area contributed by atoms with Crippen molar-refractivity contribution in [1.82, 2.24) is 0 Å². The Morgan fingerprint density at radius 3 is 2.24 bits per heavy atom. The fourth-order valence-corrected chi connectivity index (χ4v) is 3.46. The average Bonchev–Trinajstić information content (AvgIpc) is 2.49. The Bertz CT molecular complexity index is 721. The van der Waals surface area contributed by atoms with E-state index in [1.165, 1.54) is 11.8 Å². The molecule has 0 bridgehead atoms. The van der Waals surface area contributed by atoms with Crippen LogP contribution >= 0.6 is 11.8 Å². The second-order valence-electron chi connectivity index (χ2n) is 4.59. The summed E-state index contributed by atoms with van der Waals surface area (Å²) in [6.07, 6.45) is 1.89. The molecule has 0 aromatic heterocycles. The summed E-state index contributed by atoms with van der Waals surface area (Å²) in [6, 6.07) is 16.4. The Balaban J connectivity index is 2.24. The molecule has 0 atom stereocenters. The van der Waals surface area contributed by atoms with Crippen molar-refractivity contribution in [2.24, 2.45) is 4.99 Å². The van der Waals surface area contributed by atoms with Crippen LogP contribution in [0.1, 0.15) is 11.1 Å². The second-order valence-corrected chi connectivity index (χ2v) is 7.34. The first kappa shape index (κ1) is 15.8. The molecule has 0 radical (unpaired) electrons. The first-order chi connectivity index (χ1) is 10.0. The van der Waals surface area contributed by atoms with Crippen molar-refractivity contribution in [3.63, 3.8) is 0 Å². The third-order valence-corrected chi connectivity index (χ3v) is 5.18. The number of rotatable bonds is 4. The molecule has 0 unspecified atom stereocenters. The highest BCUT2D eigenvalue weighted by atomic mass is 32.2. The molecule has 0 heterocycles. The van der Waals surface area contributed by atoms with Gasteiger partial charge in [0.05, 0.1) is 9.94 Å². The van der Waals surface area contributed by atoms with Gasteiger partial charge in [0.1, 0.15) is 5.88 Å². The van der Waals surface area contributed by atoms with Crippen LogP contribution in [0.2, 0.25) is 0 Å². The maximum atomic E-state index is 12.3. The van der Waals surface area contributed by atoms with E-state index in [0.29, 0.717) is 4.90 Å². The van der Waals surface area contributed by atoms with E-state index in [0.717, 1.165) is 16.2 Å². The van der Waals surface area contributed by atoms with Gasteiger partial charge in [-0.3, -0.25) is 4.99 Å². The zero-order chi connectivity index (χ0) is 15.3. The SMILES string of the molecule is CSC(=NCS(=O)(=O)c1ccc(C)cc1)c1ccccc1. The molecule has 0 aliphatic heterocycles. The van der Waals surface area contributed by atoms with Crippen LogP contribution in [-0.2, 0) is 9.84 Å². The van der Waals surface area contributed by atoms with Gasteiger partial charge in [0.2, 0.25) is 0 Å². The highest BCUT2D eigenvalue weighted by molar-refractivity contribution is 8.13. The van der Waals surface area contributed by atoms with Gasteiger partial charge in [-0.05, 0) is 25.3 Å². The normalized spacial score (nSPS) is 12.4. The maximum Gasteiger partial charge on any atom is 0.198 e. The standard InChI is InChI=1S/C16H17NO2S2/c1-13-8-10-15(11-9-13)21(18,19)12-17-16(20-2)14-6-4-3-5-7-14/h3-11H,12H2,1-2H3. The van der Waals surface area contributed by atoms with Crippen molar-refractivity contribution in [3.05, 3.63) is 65.7 Å². The van der Waals surface area contributed by atoms with E-state index in [4.69, 9.17) is 0 Å². The molecule has 21 heavy (non-hydrogen) atoms. The Morgan fingerprint density at radius 2 is 1.67 bits per heavy atom. The summed E-state index contributed by atoms with van der Waals surface area (Å²) < 4.78 is 24.6. The first-order valence-corrected chi connectivity index (χ1v) is 9.34. The van der Waals surface area contributed by atoms with Gasteiger partial charge in [-0.15, -0.1) is 11.8 Å². The van der Waals surface area contributed by atoms with Crippen LogP contribution in [0.3, 0.4) is 0 Å². The van der Waals surface area contributed by atoms with Gasteiger partial charge in [-0.2, -0.15) is 0 Å². The fraction of sp³-hybridized carbons (Fsp3) is 0.188. The molecule has 2 aromatic carbocycles. The number of thioether (sulfide) groups is 1. The van der Waals surface area contributed by atoms with Gasteiger partial charge in [0.25, 0.3) is 0 Å². The van der Waals surface area contributed by atoms with E-state index in [9.17, 15) is 8.42 Å². The highest BCUT2D eigenvalue weighted by Crippen LogP contribution is 2.15. The Kier molecular flexibility index (Phi) is 5.20. The minimum absolute atomic E-state index is 0.235. The molecule has 0 amide bonds. The summed E-state index contributed by atoms with van der Waals surface area (Å²) in [5, 5.41) is 0.728. The Morgan fingerprint density at radius 1 is 1.05 bits per heavy atom. The van der Waals surface area contributed by atoms with Crippen molar-refractivity contribution in [2.45, 2.75) is 11.8 Å². The van der Waals surface area contributed by atoms with Gasteiger partial charge < -0.3 is 0 Å². The average molecular weight is 319 g/mol. The first-order valence-electron chi connectivity index (χ1n) is 6.46. The molecule has 3 nitrogen and oxygen atoms in total. The molecule has 0 aliphatic carbocycles. The van der Waals surface area contributed by atoms with Gasteiger partial charge >= 0.3 is 0 Å². The number of benzene rings is 2. The van der Waals surface area contributed by atoms with Gasteiger partial charge in [-0.25, -0.2) is 8.42 Å². The van der Waals surface area contributed by atoms with Crippen molar-refractivity contribution < 1.29 is 8.42 Å². The quantitative estimate of drug-likeness (QED) is 0.640. The maximum absolute atomic E-state index is 12.3. The predicted octanol–water partition coefficient (Wildman–Crippen LogP) is 3.54. The molecule has 0 saturated carbocycles. The van der Waals surface area contributed by atoms with Gasteiger partial charge in [0, 0.05) is 5.56 Å². The van der Waals surface area contributed by atoms with Crippen LogP contribution in [-0.4, -0.2) is 25.6 Å². The lowest BCUT2D eigenvalue weighted by Crippen LogP contribution is -2.07. The molecular formula is C16H17NO2S2.